The Morgan fingerprint density at radius 1 is 0.778 bits per heavy atom. The minimum Gasteiger partial charge on any atom is -0.481 e. The Labute approximate surface area is 265 Å². The number of fused-ring (bicyclic) bond motifs is 2. The molecule has 1 saturated heterocycles. The Morgan fingerprint density at radius 3 is 2.29 bits per heavy atom. The number of aryl methyl sites for hydroxylation is 1. The fourth-order valence-electron chi connectivity index (χ4n) is 6.20. The third kappa shape index (κ3) is 5.81. The molecular weight excluding hydrogens is 590 g/mol. The summed E-state index contributed by atoms with van der Waals surface area (Å²) in [7, 11) is 0. The van der Waals surface area contributed by atoms with Gasteiger partial charge in [0.1, 0.15) is 0 Å². The highest BCUT2D eigenvalue weighted by Gasteiger charge is 2.27. The molecule has 1 fully saturated rings. The van der Waals surface area contributed by atoms with Crippen LogP contribution in [-0.2, 0) is 11.2 Å². The summed E-state index contributed by atoms with van der Waals surface area (Å²) in [4.78, 5) is 46.2. The molecule has 0 spiro atoms. The van der Waals surface area contributed by atoms with E-state index in [9.17, 15) is 14.7 Å². The number of carbonyl (C=O) groups is 2. The van der Waals surface area contributed by atoms with Crippen LogP contribution >= 0.6 is 11.6 Å². The van der Waals surface area contributed by atoms with Crippen molar-refractivity contribution >= 4 is 57.5 Å². The summed E-state index contributed by atoms with van der Waals surface area (Å²) in [5.74, 6) is 0.196. The third-order valence-electron chi connectivity index (χ3n) is 8.48. The first-order valence-electron chi connectivity index (χ1n) is 15.2. The molecule has 0 unspecified atom stereocenters. The smallest absolute Gasteiger partial charge is 0.303 e. The van der Waals surface area contributed by atoms with Crippen molar-refractivity contribution in [3.63, 3.8) is 0 Å². The first-order valence-corrected chi connectivity index (χ1v) is 15.5. The minimum atomic E-state index is -1.02. The van der Waals surface area contributed by atoms with Crippen LogP contribution in [0.5, 0.6) is 0 Å². The number of carboxylic acids is 1. The van der Waals surface area contributed by atoms with Crippen LogP contribution in [0.15, 0.2) is 79.0 Å². The summed E-state index contributed by atoms with van der Waals surface area (Å²) in [5.41, 5.74) is 4.60. The van der Waals surface area contributed by atoms with Gasteiger partial charge in [-0.1, -0.05) is 48.0 Å². The number of nitrogens with zero attached hydrogens (tertiary/aromatic N) is 7. The zero-order valence-electron chi connectivity index (χ0n) is 24.6. The van der Waals surface area contributed by atoms with Crippen LogP contribution in [0, 0.1) is 0 Å². The maximum atomic E-state index is 13.2. The number of hydrogen-bond acceptors (Lipinski definition) is 8. The maximum absolute atomic E-state index is 13.2. The SMILES string of the molecule is O=C(O)CCC(=O)c1cn(-c2nc(N3CCN(c4ccccc4)CC3)nc(N3CCCc4ccccc43)n2)c2ccc(Cl)cc12. The van der Waals surface area contributed by atoms with E-state index in [2.05, 4.69) is 57.2 Å². The van der Waals surface area contributed by atoms with Gasteiger partial charge < -0.3 is 19.8 Å². The summed E-state index contributed by atoms with van der Waals surface area (Å²) in [6, 6.07) is 24.0. The van der Waals surface area contributed by atoms with Crippen LogP contribution in [0.1, 0.15) is 35.2 Å². The molecule has 0 saturated carbocycles. The molecule has 10 nitrogen and oxygen atoms in total. The number of hydrogen-bond donors (Lipinski definition) is 1. The lowest BCUT2D eigenvalue weighted by Crippen LogP contribution is -2.47. The highest BCUT2D eigenvalue weighted by Crippen LogP contribution is 2.34. The zero-order valence-corrected chi connectivity index (χ0v) is 25.4. The summed E-state index contributed by atoms with van der Waals surface area (Å²) in [6.07, 6.45) is 3.28. The Balaban J connectivity index is 1.32. The molecule has 0 radical (unpaired) electrons. The second-order valence-corrected chi connectivity index (χ2v) is 11.8. The quantitative estimate of drug-likeness (QED) is 0.211. The van der Waals surface area contributed by atoms with Gasteiger partial charge in [-0.15, -0.1) is 0 Å². The van der Waals surface area contributed by atoms with E-state index in [1.165, 1.54) is 11.3 Å². The van der Waals surface area contributed by atoms with E-state index in [0.717, 1.165) is 51.3 Å². The number of piperazine rings is 1. The van der Waals surface area contributed by atoms with Crippen molar-refractivity contribution < 1.29 is 14.7 Å². The molecule has 3 aromatic carbocycles. The fraction of sp³-hybridized carbons (Fsp3) is 0.265. The number of aromatic nitrogens is 4. The Bertz CT molecular complexity index is 1890. The normalized spacial score (nSPS) is 14.9. The van der Waals surface area contributed by atoms with E-state index in [-0.39, 0.29) is 18.6 Å². The summed E-state index contributed by atoms with van der Waals surface area (Å²) >= 11 is 6.36. The number of ketones is 1. The molecule has 2 aromatic heterocycles. The molecule has 0 bridgehead atoms. The summed E-state index contributed by atoms with van der Waals surface area (Å²) < 4.78 is 1.80. The van der Waals surface area contributed by atoms with Crippen LogP contribution in [0.3, 0.4) is 0 Å². The highest BCUT2D eigenvalue weighted by molar-refractivity contribution is 6.31. The van der Waals surface area contributed by atoms with E-state index in [1.54, 1.807) is 22.9 Å². The standard InChI is InChI=1S/C34H32ClN7O3/c35-24-12-13-29-26(21-24)27(30(43)14-15-31(44)45)22-42(29)34-37-32(40-19-17-39(18-20-40)25-9-2-1-3-10-25)36-33(38-34)41-16-6-8-23-7-4-5-11-28(23)41/h1-5,7,9-13,21-22H,6,8,14-20H2,(H,44,45). The number of benzene rings is 3. The van der Waals surface area contributed by atoms with Crippen LogP contribution in [0.25, 0.3) is 16.9 Å². The van der Waals surface area contributed by atoms with Gasteiger partial charge in [-0.25, -0.2) is 0 Å². The van der Waals surface area contributed by atoms with Crippen LogP contribution in [0.4, 0.5) is 23.3 Å². The van der Waals surface area contributed by atoms with Crippen molar-refractivity contribution in [2.45, 2.75) is 25.7 Å². The molecule has 0 amide bonds. The molecule has 11 heteroatoms. The van der Waals surface area contributed by atoms with Crippen LogP contribution in [0.2, 0.25) is 5.02 Å². The van der Waals surface area contributed by atoms with Crippen molar-refractivity contribution in [2.24, 2.45) is 0 Å². The number of rotatable bonds is 8. The number of carboxylic acid groups (broad SMARTS) is 1. The number of anilines is 4. The number of Topliss-reactive ketones (excluding diaryl/α,β-unsaturated/α-hetero) is 1. The lowest BCUT2D eigenvalue weighted by Gasteiger charge is -2.36. The van der Waals surface area contributed by atoms with Gasteiger partial charge in [0.2, 0.25) is 17.8 Å². The summed E-state index contributed by atoms with van der Waals surface area (Å²) in [6.45, 7) is 3.87. The monoisotopic (exact) mass is 621 g/mol. The molecule has 7 rings (SSSR count). The molecule has 228 valence electrons. The van der Waals surface area contributed by atoms with Crippen LogP contribution in [-0.4, -0.2) is 69.1 Å². The van der Waals surface area contributed by atoms with Gasteiger partial charge in [-0.2, -0.15) is 15.0 Å². The lowest BCUT2D eigenvalue weighted by atomic mass is 10.0. The second kappa shape index (κ2) is 12.2. The molecular formula is C34H32ClN7O3. The predicted octanol–water partition coefficient (Wildman–Crippen LogP) is 5.93. The molecule has 4 heterocycles. The minimum absolute atomic E-state index is 0.120. The maximum Gasteiger partial charge on any atom is 0.303 e. The van der Waals surface area contributed by atoms with Gasteiger partial charge in [-0.3, -0.25) is 14.2 Å². The van der Waals surface area contributed by atoms with E-state index in [0.29, 0.717) is 39.3 Å². The van der Waals surface area contributed by atoms with Crippen molar-refractivity contribution in [1.29, 1.82) is 0 Å². The van der Waals surface area contributed by atoms with Gasteiger partial charge in [0, 0.05) is 72.7 Å². The number of carbonyl (C=O) groups excluding carboxylic acids is 1. The van der Waals surface area contributed by atoms with Crippen molar-refractivity contribution in [2.75, 3.05) is 47.4 Å². The lowest BCUT2D eigenvalue weighted by molar-refractivity contribution is -0.136. The van der Waals surface area contributed by atoms with Gasteiger partial charge in [-0.05, 0) is 54.8 Å². The van der Waals surface area contributed by atoms with Gasteiger partial charge in [0.15, 0.2) is 5.78 Å². The highest BCUT2D eigenvalue weighted by atomic mass is 35.5. The van der Waals surface area contributed by atoms with Crippen molar-refractivity contribution in [1.82, 2.24) is 19.5 Å². The Morgan fingerprint density at radius 2 is 1.49 bits per heavy atom. The molecule has 2 aliphatic rings. The topological polar surface area (TPSA) is 108 Å². The van der Waals surface area contributed by atoms with Crippen molar-refractivity contribution in [3.05, 3.63) is 95.1 Å². The zero-order chi connectivity index (χ0) is 30.9. The molecule has 0 atom stereocenters. The van der Waals surface area contributed by atoms with E-state index in [4.69, 9.17) is 26.6 Å². The number of para-hydroxylation sites is 2. The average Bonchev–Trinajstić information content (AvgIpc) is 3.46. The first kappa shape index (κ1) is 28.8. The van der Waals surface area contributed by atoms with Gasteiger partial charge in [0.05, 0.1) is 11.9 Å². The number of halogens is 1. The largest absolute Gasteiger partial charge is 0.481 e. The van der Waals surface area contributed by atoms with Gasteiger partial charge >= 0.3 is 5.97 Å². The van der Waals surface area contributed by atoms with E-state index >= 15 is 0 Å². The van der Waals surface area contributed by atoms with E-state index < -0.39 is 5.97 Å². The molecule has 45 heavy (non-hydrogen) atoms. The third-order valence-corrected chi connectivity index (χ3v) is 8.72. The van der Waals surface area contributed by atoms with E-state index in [1.807, 2.05) is 18.2 Å². The summed E-state index contributed by atoms with van der Waals surface area (Å²) in [5, 5.41) is 10.3. The Hall–Kier alpha value is -4.96. The number of aliphatic carboxylic acids is 1. The van der Waals surface area contributed by atoms with Crippen LogP contribution < -0.4 is 14.7 Å². The fourth-order valence-corrected chi connectivity index (χ4v) is 6.38. The Kier molecular flexibility index (Phi) is 7.81. The average molecular weight is 622 g/mol. The van der Waals surface area contributed by atoms with Crippen molar-refractivity contribution in [3.8, 4) is 5.95 Å². The molecule has 2 aliphatic heterocycles. The molecule has 0 aliphatic carbocycles. The second-order valence-electron chi connectivity index (χ2n) is 11.3. The molecule has 5 aromatic rings. The molecule has 1 N–H and O–H groups in total. The first-order chi connectivity index (χ1) is 21.9. The predicted molar refractivity (Wildman–Crippen MR) is 176 cm³/mol. The van der Waals surface area contributed by atoms with Gasteiger partial charge in [0.25, 0.3) is 0 Å².